The van der Waals surface area contributed by atoms with Crippen LogP contribution in [-0.2, 0) is 0 Å². The van der Waals surface area contributed by atoms with Gasteiger partial charge in [-0.1, -0.05) is 21.1 Å². The van der Waals surface area contributed by atoms with Crippen LogP contribution in [0.15, 0.2) is 27.2 Å². The average molecular weight is 292 g/mol. The van der Waals surface area contributed by atoms with Crippen LogP contribution in [0.25, 0.3) is 22.6 Å². The lowest BCUT2D eigenvalue weighted by molar-refractivity contribution is 0.399. The van der Waals surface area contributed by atoms with Crippen molar-refractivity contribution in [2.45, 2.75) is 13.8 Å². The highest BCUT2D eigenvalue weighted by Gasteiger charge is 2.11. The standard InChI is InChI=1S/C12H10BrN3O/c1-6-3-8(13)5-9-11(6)15-12(14-9)10-4-7(2)17-16-10/h3-5H,1-2H3,(H,14,15). The summed E-state index contributed by atoms with van der Waals surface area (Å²) in [5, 5.41) is 3.95. The third-order valence-electron chi connectivity index (χ3n) is 2.61. The molecule has 0 aliphatic rings. The van der Waals surface area contributed by atoms with Crippen LogP contribution in [0.5, 0.6) is 0 Å². The lowest BCUT2D eigenvalue weighted by atomic mass is 10.2. The van der Waals surface area contributed by atoms with Crippen molar-refractivity contribution >= 4 is 27.0 Å². The Morgan fingerprint density at radius 1 is 1.24 bits per heavy atom. The minimum absolute atomic E-state index is 0.731. The lowest BCUT2D eigenvalue weighted by Crippen LogP contribution is -1.78. The van der Waals surface area contributed by atoms with Gasteiger partial charge in [0.1, 0.15) is 11.5 Å². The van der Waals surface area contributed by atoms with Crippen molar-refractivity contribution in [1.29, 1.82) is 0 Å². The molecule has 4 nitrogen and oxygen atoms in total. The second-order valence-electron chi connectivity index (χ2n) is 4.03. The zero-order valence-electron chi connectivity index (χ0n) is 9.41. The van der Waals surface area contributed by atoms with E-state index in [1.807, 2.05) is 32.0 Å². The second-order valence-corrected chi connectivity index (χ2v) is 4.94. The fraction of sp³-hybridized carbons (Fsp3) is 0.167. The Kier molecular flexibility index (Phi) is 2.29. The first-order chi connectivity index (χ1) is 8.13. The topological polar surface area (TPSA) is 54.7 Å². The van der Waals surface area contributed by atoms with Gasteiger partial charge >= 0.3 is 0 Å². The maximum Gasteiger partial charge on any atom is 0.160 e. The van der Waals surface area contributed by atoms with Crippen LogP contribution in [0.4, 0.5) is 0 Å². The van der Waals surface area contributed by atoms with Crippen LogP contribution in [0, 0.1) is 13.8 Å². The fourth-order valence-corrected chi connectivity index (χ4v) is 2.42. The van der Waals surface area contributed by atoms with Gasteiger partial charge in [-0.05, 0) is 31.5 Å². The summed E-state index contributed by atoms with van der Waals surface area (Å²) < 4.78 is 6.09. The SMILES string of the molecule is Cc1cc(-c2nc3c(C)cc(Br)cc3[nH]2)no1. The molecule has 0 fully saturated rings. The van der Waals surface area contributed by atoms with Gasteiger partial charge in [0.05, 0.1) is 11.0 Å². The fourth-order valence-electron chi connectivity index (χ4n) is 1.85. The number of fused-ring (bicyclic) bond motifs is 1. The van der Waals surface area contributed by atoms with Crippen LogP contribution in [0.2, 0.25) is 0 Å². The maximum atomic E-state index is 5.05. The van der Waals surface area contributed by atoms with Crippen LogP contribution < -0.4 is 0 Å². The van der Waals surface area contributed by atoms with Crippen molar-refractivity contribution in [2.24, 2.45) is 0 Å². The van der Waals surface area contributed by atoms with Crippen molar-refractivity contribution in [1.82, 2.24) is 15.1 Å². The molecule has 0 unspecified atom stereocenters. The number of halogens is 1. The van der Waals surface area contributed by atoms with E-state index in [4.69, 9.17) is 4.52 Å². The molecule has 1 N–H and O–H groups in total. The van der Waals surface area contributed by atoms with Gasteiger partial charge < -0.3 is 9.51 Å². The zero-order chi connectivity index (χ0) is 12.0. The van der Waals surface area contributed by atoms with Gasteiger partial charge in [-0.15, -0.1) is 0 Å². The van der Waals surface area contributed by atoms with E-state index >= 15 is 0 Å². The van der Waals surface area contributed by atoms with Crippen molar-refractivity contribution in [3.8, 4) is 11.5 Å². The van der Waals surface area contributed by atoms with Crippen molar-refractivity contribution in [3.05, 3.63) is 34.0 Å². The molecule has 0 aliphatic heterocycles. The van der Waals surface area contributed by atoms with E-state index in [0.717, 1.165) is 38.3 Å². The van der Waals surface area contributed by atoms with Crippen molar-refractivity contribution in [3.63, 3.8) is 0 Å². The Hall–Kier alpha value is -1.62. The molecule has 2 heterocycles. The molecule has 0 aliphatic carbocycles. The molecular formula is C12H10BrN3O. The van der Waals surface area contributed by atoms with Crippen molar-refractivity contribution in [2.75, 3.05) is 0 Å². The van der Waals surface area contributed by atoms with E-state index in [1.165, 1.54) is 0 Å². The summed E-state index contributed by atoms with van der Waals surface area (Å²) in [5.41, 5.74) is 3.81. The molecule has 0 bridgehead atoms. The Balaban J connectivity index is 2.23. The molecule has 5 heteroatoms. The van der Waals surface area contributed by atoms with Gasteiger partial charge in [0.15, 0.2) is 5.82 Å². The van der Waals surface area contributed by atoms with Crippen LogP contribution in [0.3, 0.4) is 0 Å². The monoisotopic (exact) mass is 291 g/mol. The molecule has 1 aromatic carbocycles. The molecule has 0 radical (unpaired) electrons. The quantitative estimate of drug-likeness (QED) is 0.745. The largest absolute Gasteiger partial charge is 0.361 e. The van der Waals surface area contributed by atoms with Gasteiger partial charge in [-0.2, -0.15) is 0 Å². The third kappa shape index (κ3) is 1.76. The summed E-state index contributed by atoms with van der Waals surface area (Å²) in [6.45, 7) is 3.90. The van der Waals surface area contributed by atoms with E-state index in [1.54, 1.807) is 0 Å². The number of H-pyrrole nitrogens is 1. The molecule has 0 spiro atoms. The molecule has 86 valence electrons. The van der Waals surface area contributed by atoms with Gasteiger partial charge in [0.2, 0.25) is 0 Å². The predicted molar refractivity (Wildman–Crippen MR) is 68.8 cm³/mol. The van der Waals surface area contributed by atoms with Gasteiger partial charge in [-0.25, -0.2) is 4.98 Å². The van der Waals surface area contributed by atoms with E-state index in [2.05, 4.69) is 31.1 Å². The number of aromatic amines is 1. The number of hydrogen-bond acceptors (Lipinski definition) is 3. The molecule has 2 aromatic heterocycles. The first kappa shape index (κ1) is 10.5. The molecule has 0 atom stereocenters. The highest BCUT2D eigenvalue weighted by molar-refractivity contribution is 9.10. The van der Waals surface area contributed by atoms with Crippen LogP contribution in [0.1, 0.15) is 11.3 Å². The first-order valence-electron chi connectivity index (χ1n) is 5.23. The van der Waals surface area contributed by atoms with Gasteiger partial charge in [-0.3, -0.25) is 0 Å². The summed E-state index contributed by atoms with van der Waals surface area (Å²) in [5.74, 6) is 1.51. The summed E-state index contributed by atoms with van der Waals surface area (Å²) >= 11 is 3.47. The minimum Gasteiger partial charge on any atom is -0.361 e. The first-order valence-corrected chi connectivity index (χ1v) is 6.02. The lowest BCUT2D eigenvalue weighted by Gasteiger charge is -1.94. The number of hydrogen-bond donors (Lipinski definition) is 1. The Bertz CT molecular complexity index is 699. The molecule has 17 heavy (non-hydrogen) atoms. The van der Waals surface area contributed by atoms with E-state index in [9.17, 15) is 0 Å². The summed E-state index contributed by atoms with van der Waals surface area (Å²) in [7, 11) is 0. The molecular weight excluding hydrogens is 282 g/mol. The van der Waals surface area contributed by atoms with E-state index < -0.39 is 0 Å². The highest BCUT2D eigenvalue weighted by atomic mass is 79.9. The zero-order valence-corrected chi connectivity index (χ0v) is 11.0. The van der Waals surface area contributed by atoms with Gasteiger partial charge in [0.25, 0.3) is 0 Å². The molecule has 3 rings (SSSR count). The number of nitrogens with one attached hydrogen (secondary N) is 1. The number of benzene rings is 1. The minimum atomic E-state index is 0.731. The van der Waals surface area contributed by atoms with E-state index in [0.29, 0.717) is 0 Å². The smallest absolute Gasteiger partial charge is 0.160 e. The number of aryl methyl sites for hydroxylation is 2. The van der Waals surface area contributed by atoms with Crippen LogP contribution >= 0.6 is 15.9 Å². The Morgan fingerprint density at radius 2 is 2.06 bits per heavy atom. The highest BCUT2D eigenvalue weighted by Crippen LogP contribution is 2.25. The van der Waals surface area contributed by atoms with Crippen LogP contribution in [-0.4, -0.2) is 15.1 Å². The molecule has 3 aromatic rings. The summed E-state index contributed by atoms with van der Waals surface area (Å²) in [4.78, 5) is 7.78. The van der Waals surface area contributed by atoms with E-state index in [-0.39, 0.29) is 0 Å². The second kappa shape index (κ2) is 3.70. The normalized spacial score (nSPS) is 11.2. The van der Waals surface area contributed by atoms with Gasteiger partial charge in [0, 0.05) is 10.5 Å². The number of imidazole rings is 1. The third-order valence-corrected chi connectivity index (χ3v) is 3.07. The Morgan fingerprint density at radius 3 is 2.76 bits per heavy atom. The summed E-state index contributed by atoms with van der Waals surface area (Å²) in [6.07, 6.45) is 0. The maximum absolute atomic E-state index is 5.05. The number of rotatable bonds is 1. The number of aromatic nitrogens is 3. The predicted octanol–water partition coefficient (Wildman–Crippen LogP) is 3.60. The number of nitrogens with zero attached hydrogens (tertiary/aromatic N) is 2. The summed E-state index contributed by atoms with van der Waals surface area (Å²) in [6, 6.07) is 5.91. The Labute approximate surface area is 106 Å². The average Bonchev–Trinajstić information content (AvgIpc) is 2.83. The molecule has 0 saturated carbocycles. The molecule has 0 amide bonds. The molecule has 0 saturated heterocycles. The van der Waals surface area contributed by atoms with Crippen molar-refractivity contribution < 1.29 is 4.52 Å².